The number of aryl methyl sites for hydroxylation is 1. The van der Waals surface area contributed by atoms with E-state index in [9.17, 15) is 9.90 Å². The molecule has 0 spiro atoms. The van der Waals surface area contributed by atoms with Gasteiger partial charge in [-0.2, -0.15) is 0 Å². The first-order valence-electron chi connectivity index (χ1n) is 9.03. The average molecular weight is 402 g/mol. The van der Waals surface area contributed by atoms with Gasteiger partial charge in [0.2, 0.25) is 5.95 Å². The monoisotopic (exact) mass is 402 g/mol. The molecule has 2 aromatic carbocycles. The van der Waals surface area contributed by atoms with E-state index in [4.69, 9.17) is 0 Å². The number of hydrogen-bond donors (Lipinski definition) is 2. The highest BCUT2D eigenvalue weighted by Crippen LogP contribution is 2.33. The molecule has 6 nitrogen and oxygen atoms in total. The summed E-state index contributed by atoms with van der Waals surface area (Å²) in [6.07, 6.45) is -0.0898. The van der Waals surface area contributed by atoms with Gasteiger partial charge in [0, 0.05) is 21.7 Å². The summed E-state index contributed by atoms with van der Waals surface area (Å²) in [4.78, 5) is 25.7. The molecular formula is C22H18N4O2S. The van der Waals surface area contributed by atoms with Crippen LogP contribution in [-0.4, -0.2) is 26.0 Å². The van der Waals surface area contributed by atoms with E-state index in [2.05, 4.69) is 20.3 Å². The van der Waals surface area contributed by atoms with Crippen LogP contribution in [0.4, 0.5) is 11.1 Å². The minimum atomic E-state index is -0.893. The lowest BCUT2D eigenvalue weighted by atomic mass is 10.1. The number of anilines is 2. The molecule has 0 aliphatic heterocycles. The Morgan fingerprint density at radius 1 is 0.966 bits per heavy atom. The molecule has 0 amide bonds. The standard InChI is InChI=1S/C22H18N4O2S/c1-14-12-17(15-8-4-2-5-9-15)24-21(23-14)26-22-25-20(16-10-6-3-7-11-16)18(29-22)13-19(27)28/h2-12H,13H2,1H3,(H,27,28)(H,23,24,25,26). The molecule has 0 unspecified atom stereocenters. The predicted molar refractivity (Wildman–Crippen MR) is 114 cm³/mol. The van der Waals surface area contributed by atoms with Gasteiger partial charge in [0.15, 0.2) is 5.13 Å². The van der Waals surface area contributed by atoms with E-state index in [1.165, 1.54) is 11.3 Å². The first-order chi connectivity index (χ1) is 14.1. The second kappa shape index (κ2) is 8.20. The van der Waals surface area contributed by atoms with Crippen molar-refractivity contribution in [3.8, 4) is 22.5 Å². The summed E-state index contributed by atoms with van der Waals surface area (Å²) < 4.78 is 0. The van der Waals surface area contributed by atoms with Gasteiger partial charge in [-0.05, 0) is 13.0 Å². The minimum Gasteiger partial charge on any atom is -0.481 e. The second-order valence-corrected chi connectivity index (χ2v) is 7.52. The Hall–Kier alpha value is -3.58. The number of rotatable bonds is 6. The van der Waals surface area contributed by atoms with E-state index >= 15 is 0 Å². The Kier molecular flexibility index (Phi) is 5.31. The second-order valence-electron chi connectivity index (χ2n) is 6.44. The molecule has 0 radical (unpaired) electrons. The van der Waals surface area contributed by atoms with Crippen LogP contribution in [0.25, 0.3) is 22.5 Å². The first-order valence-corrected chi connectivity index (χ1v) is 9.85. The zero-order chi connectivity index (χ0) is 20.2. The molecule has 7 heteroatoms. The Balaban J connectivity index is 1.69. The summed E-state index contributed by atoms with van der Waals surface area (Å²) in [5.41, 5.74) is 4.18. The van der Waals surface area contributed by atoms with Gasteiger partial charge < -0.3 is 5.11 Å². The number of carboxylic acid groups (broad SMARTS) is 1. The molecule has 0 aliphatic rings. The zero-order valence-corrected chi connectivity index (χ0v) is 16.5. The maximum Gasteiger partial charge on any atom is 0.308 e. The number of benzene rings is 2. The van der Waals surface area contributed by atoms with E-state index in [0.717, 1.165) is 22.5 Å². The molecule has 2 aromatic heterocycles. The number of nitrogens with zero attached hydrogens (tertiary/aromatic N) is 3. The summed E-state index contributed by atoms with van der Waals surface area (Å²) in [7, 11) is 0. The molecule has 2 heterocycles. The van der Waals surface area contributed by atoms with Crippen molar-refractivity contribution in [2.75, 3.05) is 5.32 Å². The van der Waals surface area contributed by atoms with Crippen molar-refractivity contribution < 1.29 is 9.90 Å². The van der Waals surface area contributed by atoms with Gasteiger partial charge in [-0.25, -0.2) is 15.0 Å². The predicted octanol–water partition coefficient (Wildman–Crippen LogP) is 4.95. The van der Waals surface area contributed by atoms with Crippen molar-refractivity contribution in [3.63, 3.8) is 0 Å². The molecule has 2 N–H and O–H groups in total. The maximum atomic E-state index is 11.3. The third-order valence-electron chi connectivity index (χ3n) is 4.20. The number of aromatic nitrogens is 3. The number of carbonyl (C=O) groups is 1. The van der Waals surface area contributed by atoms with Crippen molar-refractivity contribution in [1.82, 2.24) is 15.0 Å². The summed E-state index contributed by atoms with van der Waals surface area (Å²) in [5, 5.41) is 13.0. The van der Waals surface area contributed by atoms with Crippen molar-refractivity contribution in [2.24, 2.45) is 0 Å². The van der Waals surface area contributed by atoms with Crippen molar-refractivity contribution in [3.05, 3.63) is 77.3 Å². The van der Waals surface area contributed by atoms with Crippen LogP contribution in [-0.2, 0) is 11.2 Å². The maximum absolute atomic E-state index is 11.3. The van der Waals surface area contributed by atoms with E-state index < -0.39 is 5.97 Å². The van der Waals surface area contributed by atoms with Crippen LogP contribution >= 0.6 is 11.3 Å². The average Bonchev–Trinajstić information content (AvgIpc) is 3.10. The Morgan fingerprint density at radius 2 is 1.62 bits per heavy atom. The highest BCUT2D eigenvalue weighted by atomic mass is 32.1. The molecular weight excluding hydrogens is 384 g/mol. The fourth-order valence-electron chi connectivity index (χ4n) is 2.96. The van der Waals surface area contributed by atoms with E-state index in [1.54, 1.807) is 0 Å². The molecule has 0 saturated carbocycles. The minimum absolute atomic E-state index is 0.0898. The molecule has 29 heavy (non-hydrogen) atoms. The molecule has 0 bridgehead atoms. The molecule has 4 rings (SSSR count). The largest absolute Gasteiger partial charge is 0.481 e. The lowest BCUT2D eigenvalue weighted by Gasteiger charge is -2.06. The zero-order valence-electron chi connectivity index (χ0n) is 15.7. The van der Waals surface area contributed by atoms with Crippen LogP contribution in [0.2, 0.25) is 0 Å². The van der Waals surface area contributed by atoms with Gasteiger partial charge in [-0.1, -0.05) is 60.7 Å². The Labute approximate surface area is 172 Å². The highest BCUT2D eigenvalue weighted by molar-refractivity contribution is 7.16. The summed E-state index contributed by atoms with van der Waals surface area (Å²) in [6, 6.07) is 21.4. The fourth-order valence-corrected chi connectivity index (χ4v) is 3.93. The van der Waals surface area contributed by atoms with Crippen LogP contribution in [0.1, 0.15) is 10.6 Å². The third kappa shape index (κ3) is 4.47. The number of carboxylic acids is 1. The smallest absolute Gasteiger partial charge is 0.308 e. The van der Waals surface area contributed by atoms with Crippen LogP contribution in [0.5, 0.6) is 0 Å². The van der Waals surface area contributed by atoms with E-state index in [-0.39, 0.29) is 6.42 Å². The quantitative estimate of drug-likeness (QED) is 0.475. The normalized spacial score (nSPS) is 10.7. The van der Waals surface area contributed by atoms with Gasteiger partial charge in [0.05, 0.1) is 17.8 Å². The molecule has 0 aliphatic carbocycles. The topological polar surface area (TPSA) is 88.0 Å². The van der Waals surface area contributed by atoms with Crippen molar-refractivity contribution in [1.29, 1.82) is 0 Å². The van der Waals surface area contributed by atoms with Crippen LogP contribution < -0.4 is 5.32 Å². The summed E-state index contributed by atoms with van der Waals surface area (Å²) in [5.74, 6) is -0.463. The lowest BCUT2D eigenvalue weighted by molar-refractivity contribution is -0.136. The molecule has 0 atom stereocenters. The molecule has 4 aromatic rings. The fraction of sp³-hybridized carbons (Fsp3) is 0.0909. The van der Waals surface area contributed by atoms with Crippen molar-refractivity contribution >= 4 is 28.4 Å². The summed E-state index contributed by atoms with van der Waals surface area (Å²) in [6.45, 7) is 1.91. The van der Waals surface area contributed by atoms with Gasteiger partial charge in [-0.3, -0.25) is 10.1 Å². The molecule has 0 saturated heterocycles. The highest BCUT2D eigenvalue weighted by Gasteiger charge is 2.17. The van der Waals surface area contributed by atoms with E-state index in [1.807, 2.05) is 73.7 Å². The van der Waals surface area contributed by atoms with Gasteiger partial charge in [-0.15, -0.1) is 11.3 Å². The molecule has 0 fully saturated rings. The van der Waals surface area contributed by atoms with Gasteiger partial charge in [0.25, 0.3) is 0 Å². The number of hydrogen-bond acceptors (Lipinski definition) is 6. The summed E-state index contributed by atoms with van der Waals surface area (Å²) >= 11 is 1.30. The van der Waals surface area contributed by atoms with Gasteiger partial charge in [0.1, 0.15) is 0 Å². The van der Waals surface area contributed by atoms with E-state index in [0.29, 0.717) is 21.7 Å². The molecule has 144 valence electrons. The Morgan fingerprint density at radius 3 is 2.28 bits per heavy atom. The number of aliphatic carboxylic acids is 1. The van der Waals surface area contributed by atoms with Crippen LogP contribution in [0.3, 0.4) is 0 Å². The van der Waals surface area contributed by atoms with Crippen LogP contribution in [0, 0.1) is 6.92 Å². The SMILES string of the molecule is Cc1cc(-c2ccccc2)nc(Nc2nc(-c3ccccc3)c(CC(=O)O)s2)n1. The first kappa shape index (κ1) is 18.8. The third-order valence-corrected chi connectivity index (χ3v) is 5.17. The number of nitrogens with one attached hydrogen (secondary N) is 1. The van der Waals surface area contributed by atoms with Crippen LogP contribution in [0.15, 0.2) is 66.7 Å². The van der Waals surface area contributed by atoms with Crippen molar-refractivity contribution in [2.45, 2.75) is 13.3 Å². The lowest BCUT2D eigenvalue weighted by Crippen LogP contribution is -2.00. The van der Waals surface area contributed by atoms with Gasteiger partial charge >= 0.3 is 5.97 Å². The number of thiazole rings is 1. The Bertz CT molecular complexity index is 1140.